The summed E-state index contributed by atoms with van der Waals surface area (Å²) in [5, 5.41) is 4.76. The number of nitrogens with zero attached hydrogens (tertiary/aromatic N) is 1. The molecule has 3 rings (SSSR count). The average molecular weight is 332 g/mol. The van der Waals surface area contributed by atoms with Crippen LogP contribution in [0.15, 0.2) is 41.8 Å². The maximum absolute atomic E-state index is 13.2. The summed E-state index contributed by atoms with van der Waals surface area (Å²) in [6, 6.07) is 9.75. The van der Waals surface area contributed by atoms with E-state index in [4.69, 9.17) is 0 Å². The van der Waals surface area contributed by atoms with Crippen molar-refractivity contribution in [1.29, 1.82) is 0 Å². The lowest BCUT2D eigenvalue weighted by Gasteiger charge is -2.23. The van der Waals surface area contributed by atoms with E-state index < -0.39 is 5.92 Å². The first-order chi connectivity index (χ1) is 11.1. The third kappa shape index (κ3) is 3.27. The smallest absolute Gasteiger partial charge is 0.226 e. The highest BCUT2D eigenvalue weighted by Gasteiger charge is 2.43. The normalized spacial score (nSPS) is 20.8. The molecule has 0 aliphatic carbocycles. The van der Waals surface area contributed by atoms with Gasteiger partial charge in [-0.15, -0.1) is 11.3 Å². The zero-order valence-corrected chi connectivity index (χ0v) is 13.5. The van der Waals surface area contributed by atoms with Gasteiger partial charge in [0.05, 0.1) is 12.0 Å². The van der Waals surface area contributed by atoms with Crippen LogP contribution in [0.1, 0.15) is 22.9 Å². The highest BCUT2D eigenvalue weighted by molar-refractivity contribution is 7.10. The lowest BCUT2D eigenvalue weighted by molar-refractivity contribution is -0.128. The molecule has 1 aromatic carbocycles. The van der Waals surface area contributed by atoms with Crippen molar-refractivity contribution in [2.45, 2.75) is 19.0 Å². The summed E-state index contributed by atoms with van der Waals surface area (Å²) < 4.78 is 13.2. The molecule has 2 atom stereocenters. The Morgan fingerprint density at radius 3 is 2.91 bits per heavy atom. The van der Waals surface area contributed by atoms with Gasteiger partial charge in [-0.05, 0) is 29.1 Å². The van der Waals surface area contributed by atoms with E-state index in [0.29, 0.717) is 5.56 Å². The third-order valence-corrected chi connectivity index (χ3v) is 5.06. The van der Waals surface area contributed by atoms with E-state index in [9.17, 15) is 14.0 Å². The summed E-state index contributed by atoms with van der Waals surface area (Å²) in [6.07, 6.45) is 0.202. The molecule has 4 nitrogen and oxygen atoms in total. The number of rotatable bonds is 4. The van der Waals surface area contributed by atoms with E-state index in [1.807, 2.05) is 17.5 Å². The van der Waals surface area contributed by atoms with Crippen molar-refractivity contribution >= 4 is 23.2 Å². The predicted octanol–water partition coefficient (Wildman–Crippen LogP) is 2.72. The van der Waals surface area contributed by atoms with Crippen LogP contribution < -0.4 is 5.32 Å². The van der Waals surface area contributed by atoms with Gasteiger partial charge in [0.1, 0.15) is 5.82 Å². The number of benzene rings is 1. The molecular formula is C17H17FN2O2S. The molecule has 1 saturated heterocycles. The molecule has 0 unspecified atom stereocenters. The largest absolute Gasteiger partial charge is 0.352 e. The Morgan fingerprint density at radius 1 is 1.39 bits per heavy atom. The van der Waals surface area contributed by atoms with Crippen molar-refractivity contribution < 1.29 is 14.0 Å². The summed E-state index contributed by atoms with van der Waals surface area (Å²) in [7, 11) is 1.73. The zero-order chi connectivity index (χ0) is 16.4. The van der Waals surface area contributed by atoms with Gasteiger partial charge in [0.25, 0.3) is 0 Å². The Morgan fingerprint density at radius 2 is 2.22 bits per heavy atom. The number of likely N-dealkylation sites (tertiary alicyclic amines) is 1. The first kappa shape index (κ1) is 15.7. The summed E-state index contributed by atoms with van der Waals surface area (Å²) in [4.78, 5) is 27.2. The monoisotopic (exact) mass is 332 g/mol. The molecule has 1 aliphatic heterocycles. The van der Waals surface area contributed by atoms with Gasteiger partial charge in [-0.2, -0.15) is 0 Å². The summed E-state index contributed by atoms with van der Waals surface area (Å²) in [5.41, 5.74) is 0.698. The van der Waals surface area contributed by atoms with Crippen LogP contribution in [0.2, 0.25) is 0 Å². The molecular weight excluding hydrogens is 315 g/mol. The molecule has 1 fully saturated rings. The van der Waals surface area contributed by atoms with Crippen LogP contribution in [-0.2, 0) is 16.1 Å². The SMILES string of the molecule is CN1C(=O)C[C@H](C(=O)NCc2cccc(F)c2)[C@H]1c1cccs1. The zero-order valence-electron chi connectivity index (χ0n) is 12.7. The van der Waals surface area contributed by atoms with Crippen LogP contribution in [0.4, 0.5) is 4.39 Å². The number of carbonyl (C=O) groups is 2. The molecule has 2 heterocycles. The molecule has 1 N–H and O–H groups in total. The van der Waals surface area contributed by atoms with Gasteiger partial charge < -0.3 is 10.2 Å². The second-order valence-corrected chi connectivity index (χ2v) is 6.60. The fraction of sp³-hybridized carbons (Fsp3) is 0.294. The molecule has 2 aromatic rings. The van der Waals surface area contributed by atoms with Crippen molar-refractivity contribution in [3.05, 3.63) is 58.0 Å². The molecule has 1 aromatic heterocycles. The fourth-order valence-corrected chi connectivity index (χ4v) is 3.85. The van der Waals surface area contributed by atoms with E-state index >= 15 is 0 Å². The molecule has 2 amide bonds. The van der Waals surface area contributed by atoms with Crippen molar-refractivity contribution in [3.8, 4) is 0 Å². The second kappa shape index (κ2) is 6.50. The molecule has 0 bridgehead atoms. The Hall–Kier alpha value is -2.21. The van der Waals surface area contributed by atoms with Gasteiger partial charge in [-0.3, -0.25) is 9.59 Å². The average Bonchev–Trinajstić information content (AvgIpc) is 3.14. The van der Waals surface area contributed by atoms with E-state index in [0.717, 1.165) is 4.88 Å². The minimum absolute atomic E-state index is 0.0331. The van der Waals surface area contributed by atoms with E-state index in [1.54, 1.807) is 35.4 Å². The number of carbonyl (C=O) groups excluding carboxylic acids is 2. The van der Waals surface area contributed by atoms with E-state index in [-0.39, 0.29) is 36.6 Å². The van der Waals surface area contributed by atoms with Gasteiger partial charge >= 0.3 is 0 Å². The van der Waals surface area contributed by atoms with Crippen molar-refractivity contribution in [2.75, 3.05) is 7.05 Å². The van der Waals surface area contributed by atoms with Crippen LogP contribution in [0.25, 0.3) is 0 Å². The van der Waals surface area contributed by atoms with Crippen molar-refractivity contribution in [2.24, 2.45) is 5.92 Å². The fourth-order valence-electron chi connectivity index (χ4n) is 2.92. The Bertz CT molecular complexity index is 717. The molecule has 0 saturated carbocycles. The van der Waals surface area contributed by atoms with Crippen molar-refractivity contribution in [1.82, 2.24) is 10.2 Å². The maximum atomic E-state index is 13.2. The maximum Gasteiger partial charge on any atom is 0.226 e. The number of nitrogens with one attached hydrogen (secondary N) is 1. The molecule has 1 aliphatic rings. The topological polar surface area (TPSA) is 49.4 Å². The van der Waals surface area contributed by atoms with Gasteiger partial charge in [0.2, 0.25) is 11.8 Å². The number of hydrogen-bond donors (Lipinski definition) is 1. The Labute approximate surface area is 137 Å². The highest BCUT2D eigenvalue weighted by atomic mass is 32.1. The number of hydrogen-bond acceptors (Lipinski definition) is 3. The highest BCUT2D eigenvalue weighted by Crippen LogP contribution is 2.39. The minimum atomic E-state index is -0.417. The summed E-state index contributed by atoms with van der Waals surface area (Å²) >= 11 is 1.54. The molecule has 0 radical (unpaired) electrons. The standard InChI is InChI=1S/C17H17FN2O2S/c1-20-15(21)9-13(16(20)14-6-3-7-23-14)17(22)19-10-11-4-2-5-12(18)8-11/h2-8,13,16H,9-10H2,1H3,(H,19,22)/t13-,16-/m0/s1. The van der Waals surface area contributed by atoms with Gasteiger partial charge in [-0.1, -0.05) is 18.2 Å². The first-order valence-electron chi connectivity index (χ1n) is 7.37. The van der Waals surface area contributed by atoms with Crippen molar-refractivity contribution in [3.63, 3.8) is 0 Å². The molecule has 6 heteroatoms. The second-order valence-electron chi connectivity index (χ2n) is 5.62. The lowest BCUT2D eigenvalue weighted by atomic mass is 9.98. The molecule has 0 spiro atoms. The van der Waals surface area contributed by atoms with Gasteiger partial charge in [0.15, 0.2) is 0 Å². The lowest BCUT2D eigenvalue weighted by Crippen LogP contribution is -2.33. The minimum Gasteiger partial charge on any atom is -0.352 e. The summed E-state index contributed by atoms with van der Waals surface area (Å²) in [5.74, 6) is -0.955. The predicted molar refractivity (Wildman–Crippen MR) is 86.2 cm³/mol. The Balaban J connectivity index is 1.71. The van der Waals surface area contributed by atoms with Crippen LogP contribution in [0.3, 0.4) is 0 Å². The number of halogens is 1. The van der Waals surface area contributed by atoms with Crippen LogP contribution >= 0.6 is 11.3 Å². The van der Waals surface area contributed by atoms with Gasteiger partial charge in [-0.25, -0.2) is 4.39 Å². The molecule has 120 valence electrons. The van der Waals surface area contributed by atoms with E-state index in [1.165, 1.54) is 12.1 Å². The van der Waals surface area contributed by atoms with E-state index in [2.05, 4.69) is 5.32 Å². The first-order valence-corrected chi connectivity index (χ1v) is 8.25. The quantitative estimate of drug-likeness (QED) is 0.936. The Kier molecular flexibility index (Phi) is 4.43. The molecule has 23 heavy (non-hydrogen) atoms. The number of thiophene rings is 1. The van der Waals surface area contributed by atoms with Gasteiger partial charge in [0, 0.05) is 24.9 Å². The van der Waals surface area contributed by atoms with Crippen LogP contribution in [0.5, 0.6) is 0 Å². The summed E-state index contributed by atoms with van der Waals surface area (Å²) in [6.45, 7) is 0.252. The third-order valence-electron chi connectivity index (χ3n) is 4.11. The van der Waals surface area contributed by atoms with Crippen LogP contribution in [0, 0.1) is 11.7 Å². The number of amides is 2. The van der Waals surface area contributed by atoms with Crippen LogP contribution in [-0.4, -0.2) is 23.8 Å².